The summed E-state index contributed by atoms with van der Waals surface area (Å²) < 4.78 is 16.3. The molecule has 138 valence electrons. The van der Waals surface area contributed by atoms with Crippen molar-refractivity contribution in [3.63, 3.8) is 0 Å². The summed E-state index contributed by atoms with van der Waals surface area (Å²) in [7, 11) is 4.80. The second-order valence-corrected chi connectivity index (χ2v) is 6.84. The van der Waals surface area contributed by atoms with Crippen molar-refractivity contribution in [1.29, 1.82) is 0 Å². The number of aromatic nitrogens is 1. The second-order valence-electron chi connectivity index (χ2n) is 5.77. The van der Waals surface area contributed by atoms with Crippen LogP contribution in [0.5, 0.6) is 17.2 Å². The molecule has 3 rings (SSSR count). The van der Waals surface area contributed by atoms with Crippen LogP contribution in [0.4, 0.5) is 0 Å². The third kappa shape index (κ3) is 3.72. The Bertz CT molecular complexity index is 770. The van der Waals surface area contributed by atoms with Crippen LogP contribution in [0.25, 0.3) is 0 Å². The van der Waals surface area contributed by atoms with Crippen LogP contribution in [0, 0.1) is 0 Å². The quantitative estimate of drug-likeness (QED) is 0.743. The minimum Gasteiger partial charge on any atom is -0.496 e. The SMILES string of the molecule is COc1cc(OC)c(C2SCC(=O)N2CCc2ccccn2)cc1OC. The lowest BCUT2D eigenvalue weighted by atomic mass is 10.1. The maximum atomic E-state index is 12.4. The highest BCUT2D eigenvalue weighted by atomic mass is 32.2. The number of pyridine rings is 1. The van der Waals surface area contributed by atoms with Gasteiger partial charge in [-0.25, -0.2) is 0 Å². The van der Waals surface area contributed by atoms with Crippen molar-refractivity contribution in [1.82, 2.24) is 9.88 Å². The van der Waals surface area contributed by atoms with Crippen LogP contribution in [0.2, 0.25) is 0 Å². The Morgan fingerprint density at radius 2 is 1.85 bits per heavy atom. The van der Waals surface area contributed by atoms with E-state index in [1.54, 1.807) is 45.4 Å². The Balaban J connectivity index is 1.87. The number of carbonyl (C=O) groups is 1. The van der Waals surface area contributed by atoms with Crippen molar-refractivity contribution >= 4 is 17.7 Å². The van der Waals surface area contributed by atoms with E-state index in [2.05, 4.69) is 4.98 Å². The van der Waals surface area contributed by atoms with Crippen LogP contribution >= 0.6 is 11.8 Å². The summed E-state index contributed by atoms with van der Waals surface area (Å²) in [5.74, 6) is 2.46. The van der Waals surface area contributed by atoms with Crippen LogP contribution in [-0.2, 0) is 11.2 Å². The topological polar surface area (TPSA) is 60.9 Å². The van der Waals surface area contributed by atoms with E-state index in [4.69, 9.17) is 14.2 Å². The van der Waals surface area contributed by atoms with Crippen molar-refractivity contribution in [2.24, 2.45) is 0 Å². The molecule has 2 heterocycles. The molecule has 1 aromatic heterocycles. The van der Waals surface area contributed by atoms with Crippen LogP contribution in [0.1, 0.15) is 16.6 Å². The fraction of sp³-hybridized carbons (Fsp3) is 0.368. The first-order valence-electron chi connectivity index (χ1n) is 8.28. The molecule has 1 amide bonds. The van der Waals surface area contributed by atoms with E-state index in [1.165, 1.54) is 0 Å². The molecule has 0 radical (unpaired) electrons. The van der Waals surface area contributed by atoms with Crippen molar-refractivity contribution in [2.45, 2.75) is 11.8 Å². The summed E-state index contributed by atoms with van der Waals surface area (Å²) >= 11 is 1.59. The predicted molar refractivity (Wildman–Crippen MR) is 101 cm³/mol. The molecule has 0 spiro atoms. The molecule has 26 heavy (non-hydrogen) atoms. The molecule has 1 saturated heterocycles. The molecular formula is C19H22N2O4S. The van der Waals surface area contributed by atoms with E-state index in [-0.39, 0.29) is 11.3 Å². The summed E-state index contributed by atoms with van der Waals surface area (Å²) in [6.45, 7) is 0.602. The van der Waals surface area contributed by atoms with Crippen LogP contribution in [-0.4, -0.2) is 49.4 Å². The standard InChI is InChI=1S/C19H22N2O4S/c1-23-15-11-17(25-3)16(24-2)10-14(15)19-21(18(22)12-26-19)9-7-13-6-4-5-8-20-13/h4-6,8,10-11,19H,7,9,12H2,1-3H3. The summed E-state index contributed by atoms with van der Waals surface area (Å²) in [6, 6.07) is 9.51. The molecule has 1 aliphatic rings. The monoisotopic (exact) mass is 374 g/mol. The molecule has 2 aromatic rings. The molecule has 0 saturated carbocycles. The summed E-state index contributed by atoms with van der Waals surface area (Å²) in [5.41, 5.74) is 1.87. The lowest BCUT2D eigenvalue weighted by Gasteiger charge is -2.26. The number of carbonyl (C=O) groups excluding carboxylic acids is 1. The number of ether oxygens (including phenoxy) is 3. The summed E-state index contributed by atoms with van der Waals surface area (Å²) in [4.78, 5) is 18.7. The third-order valence-corrected chi connectivity index (χ3v) is 5.54. The van der Waals surface area contributed by atoms with Gasteiger partial charge in [0.05, 0.1) is 27.1 Å². The molecule has 1 aliphatic heterocycles. The molecule has 1 atom stereocenters. The van der Waals surface area contributed by atoms with Crippen LogP contribution in [0.15, 0.2) is 36.5 Å². The van der Waals surface area contributed by atoms with Crippen LogP contribution in [0.3, 0.4) is 0 Å². The highest BCUT2D eigenvalue weighted by Crippen LogP contribution is 2.46. The molecule has 0 bridgehead atoms. The molecule has 1 unspecified atom stereocenters. The van der Waals surface area contributed by atoms with Crippen molar-refractivity contribution in [3.8, 4) is 17.2 Å². The largest absolute Gasteiger partial charge is 0.496 e. The van der Waals surface area contributed by atoms with Gasteiger partial charge in [-0.2, -0.15) is 0 Å². The lowest BCUT2D eigenvalue weighted by Crippen LogP contribution is -2.30. The maximum absolute atomic E-state index is 12.4. The number of nitrogens with zero attached hydrogens (tertiary/aromatic N) is 2. The van der Waals surface area contributed by atoms with Gasteiger partial charge in [0.2, 0.25) is 5.91 Å². The van der Waals surface area contributed by atoms with Crippen LogP contribution < -0.4 is 14.2 Å². The fourth-order valence-electron chi connectivity index (χ4n) is 2.98. The zero-order chi connectivity index (χ0) is 18.5. The number of hydrogen-bond acceptors (Lipinski definition) is 6. The smallest absolute Gasteiger partial charge is 0.233 e. The average molecular weight is 374 g/mol. The molecule has 7 heteroatoms. The Labute approximate surface area is 157 Å². The molecule has 1 fully saturated rings. The number of hydrogen-bond donors (Lipinski definition) is 0. The van der Waals surface area contributed by atoms with Gasteiger partial charge in [0, 0.05) is 36.5 Å². The highest BCUT2D eigenvalue weighted by molar-refractivity contribution is 8.00. The van der Waals surface area contributed by atoms with E-state index < -0.39 is 0 Å². The summed E-state index contributed by atoms with van der Waals surface area (Å²) in [5, 5.41) is -0.124. The van der Waals surface area contributed by atoms with Gasteiger partial charge in [0.1, 0.15) is 11.1 Å². The zero-order valence-corrected chi connectivity index (χ0v) is 15.9. The number of amides is 1. The number of benzene rings is 1. The second kappa shape index (κ2) is 8.31. The Morgan fingerprint density at radius 1 is 1.12 bits per heavy atom. The maximum Gasteiger partial charge on any atom is 0.233 e. The van der Waals surface area contributed by atoms with E-state index in [0.717, 1.165) is 11.3 Å². The Hall–Kier alpha value is -2.41. The van der Waals surface area contributed by atoms with Gasteiger partial charge in [-0.15, -0.1) is 11.8 Å². The van der Waals surface area contributed by atoms with Gasteiger partial charge in [0.15, 0.2) is 11.5 Å². The minimum absolute atomic E-state index is 0.118. The first-order chi connectivity index (χ1) is 12.7. The van der Waals surface area contributed by atoms with Crippen molar-refractivity contribution < 1.29 is 19.0 Å². The highest BCUT2D eigenvalue weighted by Gasteiger charge is 2.35. The van der Waals surface area contributed by atoms with Gasteiger partial charge in [0.25, 0.3) is 0 Å². The first kappa shape index (κ1) is 18.4. The van der Waals surface area contributed by atoms with Gasteiger partial charge >= 0.3 is 0 Å². The molecule has 0 N–H and O–H groups in total. The third-order valence-electron chi connectivity index (χ3n) is 4.31. The number of rotatable bonds is 7. The Morgan fingerprint density at radius 3 is 2.50 bits per heavy atom. The predicted octanol–water partition coefficient (Wildman–Crippen LogP) is 2.92. The Kier molecular flexibility index (Phi) is 5.88. The molecule has 6 nitrogen and oxygen atoms in total. The molecule has 0 aliphatic carbocycles. The first-order valence-corrected chi connectivity index (χ1v) is 9.33. The average Bonchev–Trinajstić information content (AvgIpc) is 3.06. The zero-order valence-electron chi connectivity index (χ0n) is 15.1. The van der Waals surface area contributed by atoms with E-state index in [0.29, 0.717) is 36.0 Å². The van der Waals surface area contributed by atoms with Crippen molar-refractivity contribution in [2.75, 3.05) is 33.6 Å². The number of methoxy groups -OCH3 is 3. The normalized spacial score (nSPS) is 16.7. The van der Waals surface area contributed by atoms with E-state index in [1.807, 2.05) is 29.2 Å². The van der Waals surface area contributed by atoms with Gasteiger partial charge in [-0.05, 0) is 18.2 Å². The molecule has 1 aromatic carbocycles. The minimum atomic E-state index is -0.124. The van der Waals surface area contributed by atoms with Crippen molar-refractivity contribution in [3.05, 3.63) is 47.8 Å². The molecular weight excluding hydrogens is 352 g/mol. The summed E-state index contributed by atoms with van der Waals surface area (Å²) in [6.07, 6.45) is 2.48. The fourth-order valence-corrected chi connectivity index (χ4v) is 4.21. The van der Waals surface area contributed by atoms with Gasteiger partial charge < -0.3 is 19.1 Å². The van der Waals surface area contributed by atoms with E-state index >= 15 is 0 Å². The van der Waals surface area contributed by atoms with Gasteiger partial charge in [-0.3, -0.25) is 9.78 Å². The lowest BCUT2D eigenvalue weighted by molar-refractivity contribution is -0.128. The van der Waals surface area contributed by atoms with E-state index in [9.17, 15) is 4.79 Å². The number of thioether (sulfide) groups is 1. The van der Waals surface area contributed by atoms with Gasteiger partial charge in [-0.1, -0.05) is 6.07 Å².